The third-order valence-electron chi connectivity index (χ3n) is 3.78. The minimum absolute atomic E-state index is 0.112. The van der Waals surface area contributed by atoms with Crippen LogP contribution < -0.4 is 5.32 Å². The fourth-order valence-corrected chi connectivity index (χ4v) is 2.66. The van der Waals surface area contributed by atoms with Crippen LogP contribution in [0, 0.1) is 6.92 Å². The maximum atomic E-state index is 9.15. The summed E-state index contributed by atoms with van der Waals surface area (Å²) in [5, 5.41) is 17.0. The number of benzene rings is 1. The molecular weight excluding hydrogens is 276 g/mol. The lowest BCUT2D eigenvalue weighted by molar-refractivity contribution is 0.281. The molecule has 2 heterocycles. The van der Waals surface area contributed by atoms with Gasteiger partial charge in [0.25, 0.3) is 0 Å². The first-order valence-corrected chi connectivity index (χ1v) is 7.51. The lowest BCUT2D eigenvalue weighted by Crippen LogP contribution is -2.13. The standard InChI is InChI=1S/C17H20N4O/c1-13-12-19-21-10-9-18-17(16(13)21)20-15(8-5-11-22)14-6-3-2-4-7-14/h2-4,6-7,9-10,12,15,22H,5,8,11H2,1H3,(H,18,20). The second-order valence-corrected chi connectivity index (χ2v) is 5.37. The molecule has 0 saturated heterocycles. The molecule has 1 aromatic carbocycles. The molecule has 1 unspecified atom stereocenters. The van der Waals surface area contributed by atoms with Gasteiger partial charge >= 0.3 is 0 Å². The highest BCUT2D eigenvalue weighted by molar-refractivity contribution is 5.71. The van der Waals surface area contributed by atoms with Crippen molar-refractivity contribution >= 4 is 11.3 Å². The summed E-state index contributed by atoms with van der Waals surface area (Å²) < 4.78 is 1.83. The lowest BCUT2D eigenvalue weighted by Gasteiger charge is -2.20. The number of rotatable bonds is 6. The van der Waals surface area contributed by atoms with E-state index in [2.05, 4.69) is 27.5 Å². The second-order valence-electron chi connectivity index (χ2n) is 5.37. The Balaban J connectivity index is 1.93. The van der Waals surface area contributed by atoms with E-state index < -0.39 is 0 Å². The zero-order valence-electron chi connectivity index (χ0n) is 12.6. The van der Waals surface area contributed by atoms with E-state index >= 15 is 0 Å². The number of anilines is 1. The molecule has 22 heavy (non-hydrogen) atoms. The van der Waals surface area contributed by atoms with Crippen LogP contribution in [0.25, 0.3) is 5.52 Å². The van der Waals surface area contributed by atoms with Gasteiger partial charge in [-0.05, 0) is 30.9 Å². The number of aromatic nitrogens is 3. The predicted octanol–water partition coefficient (Wildman–Crippen LogP) is 2.96. The Bertz CT molecular complexity index is 739. The summed E-state index contributed by atoms with van der Waals surface area (Å²) >= 11 is 0. The molecule has 3 aromatic rings. The van der Waals surface area contributed by atoms with Crippen LogP contribution in [0.2, 0.25) is 0 Å². The van der Waals surface area contributed by atoms with Crippen molar-refractivity contribution in [2.24, 2.45) is 0 Å². The third-order valence-corrected chi connectivity index (χ3v) is 3.78. The smallest absolute Gasteiger partial charge is 0.152 e. The molecule has 2 N–H and O–H groups in total. The van der Waals surface area contributed by atoms with Crippen LogP contribution in [-0.4, -0.2) is 26.3 Å². The molecule has 0 radical (unpaired) electrons. The number of nitrogens with one attached hydrogen (secondary N) is 1. The van der Waals surface area contributed by atoms with Gasteiger partial charge in [0.2, 0.25) is 0 Å². The fourth-order valence-electron chi connectivity index (χ4n) is 2.66. The van der Waals surface area contributed by atoms with E-state index in [9.17, 15) is 0 Å². The van der Waals surface area contributed by atoms with Crippen LogP contribution in [0.1, 0.15) is 30.0 Å². The molecule has 2 aromatic heterocycles. The normalized spacial score (nSPS) is 12.5. The Hall–Kier alpha value is -2.40. The van der Waals surface area contributed by atoms with E-state index in [1.54, 1.807) is 6.20 Å². The first-order chi connectivity index (χ1) is 10.8. The Morgan fingerprint density at radius 2 is 2.09 bits per heavy atom. The zero-order chi connectivity index (χ0) is 15.4. The monoisotopic (exact) mass is 296 g/mol. The van der Waals surface area contributed by atoms with Crippen molar-refractivity contribution in [1.29, 1.82) is 0 Å². The summed E-state index contributed by atoms with van der Waals surface area (Å²) in [6.07, 6.45) is 7.02. The average molecular weight is 296 g/mol. The summed E-state index contributed by atoms with van der Waals surface area (Å²) in [5.74, 6) is 0.823. The van der Waals surface area contributed by atoms with Crippen molar-refractivity contribution in [1.82, 2.24) is 14.6 Å². The van der Waals surface area contributed by atoms with Crippen LogP contribution >= 0.6 is 0 Å². The summed E-state index contributed by atoms with van der Waals surface area (Å²) in [6, 6.07) is 10.4. The molecule has 0 aliphatic carbocycles. The van der Waals surface area contributed by atoms with Crippen molar-refractivity contribution in [3.05, 3.63) is 60.0 Å². The largest absolute Gasteiger partial charge is 0.396 e. The third kappa shape index (κ3) is 2.94. The number of nitrogens with zero attached hydrogens (tertiary/aromatic N) is 3. The first-order valence-electron chi connectivity index (χ1n) is 7.51. The van der Waals surface area contributed by atoms with Crippen molar-refractivity contribution in [3.63, 3.8) is 0 Å². The Morgan fingerprint density at radius 3 is 2.86 bits per heavy atom. The van der Waals surface area contributed by atoms with E-state index in [0.29, 0.717) is 0 Å². The molecule has 1 atom stereocenters. The van der Waals surface area contributed by atoms with Crippen LogP contribution in [0.15, 0.2) is 48.9 Å². The first kappa shape index (κ1) is 14.5. The maximum Gasteiger partial charge on any atom is 0.152 e. The average Bonchev–Trinajstić information content (AvgIpc) is 2.94. The SMILES string of the molecule is Cc1cnn2ccnc(NC(CCCO)c3ccccc3)c12. The Labute approximate surface area is 129 Å². The van der Waals surface area contributed by atoms with Crippen LogP contribution in [-0.2, 0) is 0 Å². The van der Waals surface area contributed by atoms with Gasteiger partial charge < -0.3 is 10.4 Å². The van der Waals surface area contributed by atoms with Gasteiger partial charge in [-0.1, -0.05) is 30.3 Å². The molecule has 0 aliphatic heterocycles. The van der Waals surface area contributed by atoms with Crippen molar-refractivity contribution < 1.29 is 5.11 Å². The molecule has 5 heteroatoms. The molecule has 0 amide bonds. The Morgan fingerprint density at radius 1 is 1.27 bits per heavy atom. The maximum absolute atomic E-state index is 9.15. The minimum atomic E-state index is 0.112. The number of aryl methyl sites for hydroxylation is 1. The topological polar surface area (TPSA) is 62.5 Å². The fraction of sp³-hybridized carbons (Fsp3) is 0.294. The summed E-state index contributed by atoms with van der Waals surface area (Å²) in [7, 11) is 0. The zero-order valence-corrected chi connectivity index (χ0v) is 12.6. The van der Waals surface area contributed by atoms with Crippen molar-refractivity contribution in [2.45, 2.75) is 25.8 Å². The van der Waals surface area contributed by atoms with E-state index in [0.717, 1.165) is 29.7 Å². The lowest BCUT2D eigenvalue weighted by atomic mass is 10.0. The van der Waals surface area contributed by atoms with Gasteiger partial charge in [-0.2, -0.15) is 5.10 Å². The highest BCUT2D eigenvalue weighted by Crippen LogP contribution is 2.26. The molecule has 114 valence electrons. The van der Waals surface area contributed by atoms with Gasteiger partial charge in [0, 0.05) is 19.0 Å². The van der Waals surface area contributed by atoms with E-state index in [4.69, 9.17) is 5.11 Å². The quantitative estimate of drug-likeness (QED) is 0.734. The number of aliphatic hydroxyl groups excluding tert-OH is 1. The second kappa shape index (κ2) is 6.58. The van der Waals surface area contributed by atoms with Crippen LogP contribution in [0.4, 0.5) is 5.82 Å². The minimum Gasteiger partial charge on any atom is -0.396 e. The van der Waals surface area contributed by atoms with Crippen LogP contribution in [0.3, 0.4) is 0 Å². The van der Waals surface area contributed by atoms with Gasteiger partial charge in [-0.15, -0.1) is 0 Å². The van der Waals surface area contributed by atoms with Gasteiger partial charge in [-0.25, -0.2) is 9.50 Å². The van der Waals surface area contributed by atoms with Gasteiger partial charge in [-0.3, -0.25) is 0 Å². The number of fused-ring (bicyclic) bond motifs is 1. The van der Waals surface area contributed by atoms with Gasteiger partial charge in [0.05, 0.1) is 12.2 Å². The van der Waals surface area contributed by atoms with Gasteiger partial charge in [0.15, 0.2) is 5.82 Å². The Kier molecular flexibility index (Phi) is 4.34. The van der Waals surface area contributed by atoms with E-state index in [1.807, 2.05) is 42.0 Å². The van der Waals surface area contributed by atoms with Crippen molar-refractivity contribution in [3.8, 4) is 0 Å². The number of aliphatic hydroxyl groups is 1. The van der Waals surface area contributed by atoms with Crippen LogP contribution in [0.5, 0.6) is 0 Å². The molecule has 0 aliphatic rings. The molecule has 3 rings (SSSR count). The molecule has 0 saturated carbocycles. The molecule has 0 spiro atoms. The molecular formula is C17H20N4O. The predicted molar refractivity (Wildman–Crippen MR) is 86.8 cm³/mol. The van der Waals surface area contributed by atoms with E-state index in [-0.39, 0.29) is 12.6 Å². The summed E-state index contributed by atoms with van der Waals surface area (Å²) in [5.41, 5.74) is 3.27. The highest BCUT2D eigenvalue weighted by Gasteiger charge is 2.14. The molecule has 5 nitrogen and oxygen atoms in total. The highest BCUT2D eigenvalue weighted by atomic mass is 16.2. The molecule has 0 bridgehead atoms. The number of hydrogen-bond donors (Lipinski definition) is 2. The van der Waals surface area contributed by atoms with Gasteiger partial charge in [0.1, 0.15) is 5.52 Å². The summed E-state index contributed by atoms with van der Waals surface area (Å²) in [4.78, 5) is 4.48. The van der Waals surface area contributed by atoms with E-state index in [1.165, 1.54) is 5.56 Å². The van der Waals surface area contributed by atoms with Crippen molar-refractivity contribution in [2.75, 3.05) is 11.9 Å². The number of hydrogen-bond acceptors (Lipinski definition) is 4. The summed E-state index contributed by atoms with van der Waals surface area (Å²) in [6.45, 7) is 2.22. The molecule has 0 fully saturated rings.